The maximum atomic E-state index is 5.38. The lowest BCUT2D eigenvalue weighted by Crippen LogP contribution is -2.37. The average Bonchev–Trinajstić information content (AvgIpc) is 2.78. The first-order valence-corrected chi connectivity index (χ1v) is 8.30. The van der Waals surface area contributed by atoms with E-state index in [9.17, 15) is 0 Å². The Morgan fingerprint density at radius 1 is 1.10 bits per heavy atom. The number of rotatable bonds is 5. The maximum Gasteiger partial charge on any atom is 0.132 e. The van der Waals surface area contributed by atoms with E-state index >= 15 is 0 Å². The molecule has 21 heavy (non-hydrogen) atoms. The van der Waals surface area contributed by atoms with E-state index in [1.165, 1.54) is 30.5 Å². The van der Waals surface area contributed by atoms with Gasteiger partial charge in [-0.3, -0.25) is 4.90 Å². The van der Waals surface area contributed by atoms with E-state index in [4.69, 9.17) is 4.74 Å². The second kappa shape index (κ2) is 7.71. The molecule has 5 heteroatoms. The van der Waals surface area contributed by atoms with Crippen molar-refractivity contribution in [2.45, 2.75) is 38.5 Å². The highest BCUT2D eigenvalue weighted by molar-refractivity contribution is 5.46. The van der Waals surface area contributed by atoms with Crippen molar-refractivity contribution in [1.82, 2.24) is 14.9 Å². The Balaban J connectivity index is 1.48. The summed E-state index contributed by atoms with van der Waals surface area (Å²) in [6, 6.07) is 0. The number of aryl methyl sites for hydroxylation is 1. The van der Waals surface area contributed by atoms with Crippen LogP contribution in [0.1, 0.15) is 36.9 Å². The van der Waals surface area contributed by atoms with Crippen molar-refractivity contribution in [2.75, 3.05) is 44.7 Å². The molecule has 0 radical (unpaired) electrons. The highest BCUT2D eigenvalue weighted by Crippen LogP contribution is 2.23. The topological polar surface area (TPSA) is 50.3 Å². The number of nitrogens with zero attached hydrogens (tertiary/aromatic N) is 3. The zero-order chi connectivity index (χ0) is 14.3. The monoisotopic (exact) mass is 290 g/mol. The quantitative estimate of drug-likeness (QED) is 0.663. The van der Waals surface area contributed by atoms with Gasteiger partial charge in [-0.15, -0.1) is 0 Å². The molecular weight excluding hydrogens is 264 g/mol. The average molecular weight is 290 g/mol. The van der Waals surface area contributed by atoms with Gasteiger partial charge in [-0.2, -0.15) is 0 Å². The summed E-state index contributed by atoms with van der Waals surface area (Å²) in [5.41, 5.74) is 2.62. The van der Waals surface area contributed by atoms with Crippen molar-refractivity contribution in [3.63, 3.8) is 0 Å². The summed E-state index contributed by atoms with van der Waals surface area (Å²) in [5, 5.41) is 3.53. The van der Waals surface area contributed by atoms with Crippen LogP contribution in [0.2, 0.25) is 0 Å². The zero-order valence-electron chi connectivity index (χ0n) is 12.8. The number of ether oxygens (including phenoxy) is 1. The van der Waals surface area contributed by atoms with E-state index in [-0.39, 0.29) is 0 Å². The first kappa shape index (κ1) is 14.7. The molecule has 1 aromatic heterocycles. The van der Waals surface area contributed by atoms with E-state index in [0.717, 1.165) is 64.5 Å². The Kier molecular flexibility index (Phi) is 5.40. The molecular formula is C16H26N4O. The molecule has 1 fully saturated rings. The van der Waals surface area contributed by atoms with Crippen LogP contribution >= 0.6 is 0 Å². The Bertz CT molecular complexity index is 446. The van der Waals surface area contributed by atoms with Crippen molar-refractivity contribution in [2.24, 2.45) is 0 Å². The molecule has 1 saturated heterocycles. The molecule has 1 aliphatic carbocycles. The molecule has 0 saturated carbocycles. The van der Waals surface area contributed by atoms with E-state index in [2.05, 4.69) is 20.2 Å². The van der Waals surface area contributed by atoms with Gasteiger partial charge in [0.15, 0.2) is 0 Å². The highest BCUT2D eigenvalue weighted by atomic mass is 16.5. The minimum absolute atomic E-state index is 0.882. The van der Waals surface area contributed by atoms with Gasteiger partial charge < -0.3 is 10.1 Å². The lowest BCUT2D eigenvalue weighted by Gasteiger charge is -2.26. The van der Waals surface area contributed by atoms with Crippen molar-refractivity contribution in [3.8, 4) is 0 Å². The van der Waals surface area contributed by atoms with E-state index in [1.54, 1.807) is 6.33 Å². The van der Waals surface area contributed by atoms with Crippen LogP contribution in [0.15, 0.2) is 6.33 Å². The fourth-order valence-corrected chi connectivity index (χ4v) is 3.18. The summed E-state index contributed by atoms with van der Waals surface area (Å²) >= 11 is 0. The van der Waals surface area contributed by atoms with E-state index in [1.807, 2.05) is 0 Å². The molecule has 2 heterocycles. The van der Waals surface area contributed by atoms with Crippen molar-refractivity contribution in [3.05, 3.63) is 17.6 Å². The molecule has 0 unspecified atom stereocenters. The van der Waals surface area contributed by atoms with Crippen LogP contribution in [-0.4, -0.2) is 54.3 Å². The van der Waals surface area contributed by atoms with Gasteiger partial charge in [0.25, 0.3) is 0 Å². The summed E-state index contributed by atoms with van der Waals surface area (Å²) in [7, 11) is 0. The summed E-state index contributed by atoms with van der Waals surface area (Å²) in [5.74, 6) is 1.07. The summed E-state index contributed by atoms with van der Waals surface area (Å²) < 4.78 is 5.38. The first-order chi connectivity index (χ1) is 10.4. The molecule has 0 atom stereocenters. The normalized spacial score (nSPS) is 19.8. The summed E-state index contributed by atoms with van der Waals surface area (Å²) in [6.07, 6.45) is 8.95. The van der Waals surface area contributed by atoms with Gasteiger partial charge in [-0.1, -0.05) is 6.42 Å². The molecule has 0 amide bonds. The van der Waals surface area contributed by atoms with Gasteiger partial charge in [0.1, 0.15) is 12.1 Å². The highest BCUT2D eigenvalue weighted by Gasteiger charge is 2.14. The number of nitrogens with one attached hydrogen (secondary N) is 1. The minimum Gasteiger partial charge on any atom is -0.379 e. The lowest BCUT2D eigenvalue weighted by atomic mass is 10.1. The van der Waals surface area contributed by atoms with Crippen LogP contribution in [0.5, 0.6) is 0 Å². The Morgan fingerprint density at radius 2 is 1.95 bits per heavy atom. The van der Waals surface area contributed by atoms with Gasteiger partial charge in [-0.25, -0.2) is 9.97 Å². The number of morpholine rings is 1. The maximum absolute atomic E-state index is 5.38. The second-order valence-electron chi connectivity index (χ2n) is 5.94. The number of aromatic nitrogens is 2. The third-order valence-electron chi connectivity index (χ3n) is 4.42. The van der Waals surface area contributed by atoms with Crippen LogP contribution in [0.3, 0.4) is 0 Å². The molecule has 1 N–H and O–H groups in total. The third-order valence-corrected chi connectivity index (χ3v) is 4.42. The molecule has 2 aliphatic rings. The summed E-state index contributed by atoms with van der Waals surface area (Å²) in [6.45, 7) is 6.04. The molecule has 0 bridgehead atoms. The fraction of sp³-hybridized carbons (Fsp3) is 0.750. The Labute approximate surface area is 127 Å². The molecule has 116 valence electrons. The van der Waals surface area contributed by atoms with Crippen LogP contribution in [0, 0.1) is 0 Å². The number of anilines is 1. The first-order valence-electron chi connectivity index (χ1n) is 8.30. The molecule has 3 rings (SSSR count). The van der Waals surface area contributed by atoms with Crippen molar-refractivity contribution < 1.29 is 4.74 Å². The van der Waals surface area contributed by atoms with Crippen LogP contribution in [0.25, 0.3) is 0 Å². The fourth-order valence-electron chi connectivity index (χ4n) is 3.18. The molecule has 0 aromatic carbocycles. The molecule has 0 spiro atoms. The van der Waals surface area contributed by atoms with Crippen molar-refractivity contribution in [1.29, 1.82) is 0 Å². The Hall–Kier alpha value is -1.20. The van der Waals surface area contributed by atoms with Gasteiger partial charge >= 0.3 is 0 Å². The van der Waals surface area contributed by atoms with Crippen molar-refractivity contribution >= 4 is 5.82 Å². The lowest BCUT2D eigenvalue weighted by molar-refractivity contribution is 0.0378. The SMILES string of the molecule is c1nc2c(c(NCCCN3CCOCC3)n1)CCCCC2. The Morgan fingerprint density at radius 3 is 2.86 bits per heavy atom. The van der Waals surface area contributed by atoms with Crippen LogP contribution < -0.4 is 5.32 Å². The largest absolute Gasteiger partial charge is 0.379 e. The predicted octanol–water partition coefficient (Wildman–Crippen LogP) is 1.88. The molecule has 1 aliphatic heterocycles. The minimum atomic E-state index is 0.882. The number of hydrogen-bond donors (Lipinski definition) is 1. The standard InChI is InChI=1S/C16H26N4O/c1-2-5-14-15(6-3-1)18-13-19-16(14)17-7-4-8-20-9-11-21-12-10-20/h13H,1-12H2,(H,17,18,19). The number of fused-ring (bicyclic) bond motifs is 1. The molecule has 5 nitrogen and oxygen atoms in total. The predicted molar refractivity (Wildman–Crippen MR) is 83.7 cm³/mol. The van der Waals surface area contributed by atoms with E-state index in [0.29, 0.717) is 0 Å². The van der Waals surface area contributed by atoms with E-state index < -0.39 is 0 Å². The van der Waals surface area contributed by atoms with Gasteiger partial charge in [0.2, 0.25) is 0 Å². The smallest absolute Gasteiger partial charge is 0.132 e. The van der Waals surface area contributed by atoms with Crippen LogP contribution in [0.4, 0.5) is 5.82 Å². The van der Waals surface area contributed by atoms with Gasteiger partial charge in [0, 0.05) is 30.9 Å². The zero-order valence-corrected chi connectivity index (χ0v) is 12.8. The van der Waals surface area contributed by atoms with Gasteiger partial charge in [0.05, 0.1) is 13.2 Å². The second-order valence-corrected chi connectivity index (χ2v) is 5.94. The summed E-state index contributed by atoms with van der Waals surface area (Å²) in [4.78, 5) is 11.4. The third kappa shape index (κ3) is 4.14. The van der Waals surface area contributed by atoms with Crippen LogP contribution in [-0.2, 0) is 17.6 Å². The van der Waals surface area contributed by atoms with Gasteiger partial charge in [-0.05, 0) is 38.6 Å². The number of hydrogen-bond acceptors (Lipinski definition) is 5. The molecule has 1 aromatic rings.